The molecule has 2 aromatic carbocycles. The van der Waals surface area contributed by atoms with E-state index < -0.39 is 0 Å². The standard InChI is InChI=1S/C26H22N2O4/c1-13(29)15-3-2-4-16(11-15)27-24(30)14-5-7-17(8-6-14)28-25(31)22-18-9-10-19(21-12-20(18)21)23(22)26(28)32/h2-11,18-23H,12H2,1H3,(H,27,30)/t18-,19-,20-,21-,22+,23+/m0/s1. The number of imide groups is 1. The van der Waals surface area contributed by atoms with Crippen LogP contribution in [-0.2, 0) is 9.59 Å². The van der Waals surface area contributed by atoms with Gasteiger partial charge in [0.2, 0.25) is 11.8 Å². The number of amides is 3. The van der Waals surface area contributed by atoms with Crippen molar-refractivity contribution in [3.8, 4) is 0 Å². The topological polar surface area (TPSA) is 83.6 Å². The van der Waals surface area contributed by atoms with Gasteiger partial charge in [-0.2, -0.15) is 0 Å². The molecule has 3 amide bonds. The van der Waals surface area contributed by atoms with Crippen LogP contribution >= 0.6 is 0 Å². The van der Waals surface area contributed by atoms with Crippen LogP contribution in [0.1, 0.15) is 34.1 Å². The average Bonchev–Trinajstić information content (AvgIpc) is 3.57. The lowest BCUT2D eigenvalue weighted by Gasteiger charge is -2.37. The fourth-order valence-corrected chi connectivity index (χ4v) is 5.99. The van der Waals surface area contributed by atoms with Gasteiger partial charge in [0.15, 0.2) is 5.78 Å². The molecule has 0 spiro atoms. The first-order chi connectivity index (χ1) is 15.4. The van der Waals surface area contributed by atoms with Gasteiger partial charge < -0.3 is 5.32 Å². The first-order valence-electron chi connectivity index (χ1n) is 11.0. The van der Waals surface area contributed by atoms with Gasteiger partial charge in [-0.3, -0.25) is 24.1 Å². The second-order valence-corrected chi connectivity index (χ2v) is 9.30. The number of carbonyl (C=O) groups is 4. The van der Waals surface area contributed by atoms with E-state index in [1.54, 1.807) is 48.5 Å². The Morgan fingerprint density at radius 1 is 0.875 bits per heavy atom. The molecule has 1 saturated heterocycles. The lowest BCUT2D eigenvalue weighted by Crippen LogP contribution is -2.40. The number of carbonyl (C=O) groups excluding carboxylic acids is 4. The average molecular weight is 426 g/mol. The van der Waals surface area contributed by atoms with E-state index in [2.05, 4.69) is 17.5 Å². The smallest absolute Gasteiger partial charge is 0.255 e. The highest BCUT2D eigenvalue weighted by atomic mass is 16.2. The number of hydrogen-bond acceptors (Lipinski definition) is 4. The normalized spacial score (nSPS) is 31.3. The molecule has 1 N–H and O–H groups in total. The molecule has 6 nitrogen and oxygen atoms in total. The van der Waals surface area contributed by atoms with Crippen molar-refractivity contribution < 1.29 is 19.2 Å². The summed E-state index contributed by atoms with van der Waals surface area (Å²) in [5.74, 6) is 0.409. The summed E-state index contributed by atoms with van der Waals surface area (Å²) < 4.78 is 0. The van der Waals surface area contributed by atoms with Gasteiger partial charge in [-0.05, 0) is 73.4 Å². The van der Waals surface area contributed by atoms with E-state index >= 15 is 0 Å². The van der Waals surface area contributed by atoms with E-state index in [9.17, 15) is 19.2 Å². The van der Waals surface area contributed by atoms with Crippen LogP contribution in [0.2, 0.25) is 0 Å². The largest absolute Gasteiger partial charge is 0.322 e. The second-order valence-electron chi connectivity index (χ2n) is 9.30. The van der Waals surface area contributed by atoms with Gasteiger partial charge >= 0.3 is 0 Å². The van der Waals surface area contributed by atoms with Crippen LogP contribution in [0.3, 0.4) is 0 Å². The van der Waals surface area contributed by atoms with Gasteiger partial charge in [-0.1, -0.05) is 24.3 Å². The molecule has 2 aromatic rings. The Morgan fingerprint density at radius 3 is 2.09 bits per heavy atom. The first-order valence-corrected chi connectivity index (χ1v) is 11.0. The predicted molar refractivity (Wildman–Crippen MR) is 118 cm³/mol. The summed E-state index contributed by atoms with van der Waals surface area (Å²) in [6.45, 7) is 1.47. The molecule has 6 atom stereocenters. The van der Waals surface area contributed by atoms with Gasteiger partial charge in [-0.15, -0.1) is 0 Å². The van der Waals surface area contributed by atoms with Crippen LogP contribution in [-0.4, -0.2) is 23.5 Å². The lowest BCUT2D eigenvalue weighted by atomic mass is 9.63. The third-order valence-corrected chi connectivity index (χ3v) is 7.58. The maximum atomic E-state index is 13.2. The van der Waals surface area contributed by atoms with E-state index in [-0.39, 0.29) is 47.2 Å². The Labute approximate surface area is 185 Å². The molecule has 1 heterocycles. The Morgan fingerprint density at radius 2 is 1.50 bits per heavy atom. The van der Waals surface area contributed by atoms with Crippen LogP contribution in [0.5, 0.6) is 0 Å². The summed E-state index contributed by atoms with van der Waals surface area (Å²) in [5, 5.41) is 2.78. The summed E-state index contributed by atoms with van der Waals surface area (Å²) in [7, 11) is 0. The molecule has 0 unspecified atom stereocenters. The van der Waals surface area contributed by atoms with E-state index in [1.807, 2.05) is 0 Å². The van der Waals surface area contributed by atoms with Gasteiger partial charge in [0, 0.05) is 16.8 Å². The van der Waals surface area contributed by atoms with Crippen molar-refractivity contribution in [1.29, 1.82) is 0 Å². The number of hydrogen-bond donors (Lipinski definition) is 1. The zero-order chi connectivity index (χ0) is 22.1. The predicted octanol–water partition coefficient (Wildman–Crippen LogP) is 3.70. The third-order valence-electron chi connectivity index (χ3n) is 7.58. The molecule has 3 fully saturated rings. The quantitative estimate of drug-likeness (QED) is 0.459. The monoisotopic (exact) mass is 426 g/mol. The number of rotatable bonds is 4. The Bertz CT molecular complexity index is 1180. The highest BCUT2D eigenvalue weighted by molar-refractivity contribution is 6.22. The third kappa shape index (κ3) is 2.72. The van der Waals surface area contributed by atoms with Crippen molar-refractivity contribution >= 4 is 34.9 Å². The van der Waals surface area contributed by atoms with Crippen molar-refractivity contribution in [3.63, 3.8) is 0 Å². The fourth-order valence-electron chi connectivity index (χ4n) is 5.99. The molecular weight excluding hydrogens is 404 g/mol. The van der Waals surface area contributed by atoms with Gasteiger partial charge in [0.05, 0.1) is 17.5 Å². The van der Waals surface area contributed by atoms with Crippen LogP contribution in [0.4, 0.5) is 11.4 Å². The Kier molecular flexibility index (Phi) is 4.03. The Balaban J connectivity index is 1.21. The molecule has 2 bridgehead atoms. The SMILES string of the molecule is CC(=O)c1cccc(NC(=O)c2ccc(N3C(=O)[C@@H]4[C@H]5C=C[C@@H]([C@@H]6C[C@@H]56)[C@H]4C3=O)cc2)c1. The first kappa shape index (κ1) is 19.2. The minimum absolute atomic E-state index is 0.0769. The minimum Gasteiger partial charge on any atom is -0.322 e. The molecule has 5 aliphatic rings. The number of nitrogens with one attached hydrogen (secondary N) is 1. The van der Waals surface area contributed by atoms with Gasteiger partial charge in [-0.25, -0.2) is 0 Å². The summed E-state index contributed by atoms with van der Waals surface area (Å²) >= 11 is 0. The van der Waals surface area contributed by atoms with E-state index in [0.29, 0.717) is 34.3 Å². The number of ketones is 1. The molecule has 7 rings (SSSR count). The summed E-state index contributed by atoms with van der Waals surface area (Å²) in [6.07, 6.45) is 5.45. The van der Waals surface area contributed by atoms with E-state index in [0.717, 1.165) is 6.42 Å². The fraction of sp³-hybridized carbons (Fsp3) is 0.308. The molecular formula is C26H22N2O4. The maximum Gasteiger partial charge on any atom is 0.255 e. The maximum absolute atomic E-state index is 13.2. The van der Waals surface area contributed by atoms with Crippen molar-refractivity contribution in [2.45, 2.75) is 13.3 Å². The van der Waals surface area contributed by atoms with E-state index in [4.69, 9.17) is 0 Å². The molecule has 160 valence electrons. The number of nitrogens with zero attached hydrogens (tertiary/aromatic N) is 1. The number of Topliss-reactive ketones (excluding diaryl/α,β-unsaturated/α-hetero) is 1. The zero-order valence-electron chi connectivity index (χ0n) is 17.5. The van der Waals surface area contributed by atoms with Crippen LogP contribution < -0.4 is 10.2 Å². The number of allylic oxidation sites excluding steroid dienone is 2. The van der Waals surface area contributed by atoms with Crippen molar-refractivity contribution in [1.82, 2.24) is 0 Å². The molecule has 32 heavy (non-hydrogen) atoms. The molecule has 0 radical (unpaired) electrons. The molecule has 2 saturated carbocycles. The van der Waals surface area contributed by atoms with Crippen LogP contribution in [0.15, 0.2) is 60.7 Å². The Hall–Kier alpha value is -3.54. The van der Waals surface area contributed by atoms with E-state index in [1.165, 1.54) is 11.8 Å². The lowest BCUT2D eigenvalue weighted by molar-refractivity contribution is -0.124. The zero-order valence-corrected chi connectivity index (χ0v) is 17.5. The highest BCUT2D eigenvalue weighted by Crippen LogP contribution is 2.65. The highest BCUT2D eigenvalue weighted by Gasteiger charge is 2.67. The molecule has 4 aliphatic carbocycles. The minimum atomic E-state index is -0.327. The van der Waals surface area contributed by atoms with Crippen molar-refractivity contribution in [2.24, 2.45) is 35.5 Å². The van der Waals surface area contributed by atoms with Crippen LogP contribution in [0.25, 0.3) is 0 Å². The van der Waals surface area contributed by atoms with Gasteiger partial charge in [0.1, 0.15) is 0 Å². The number of anilines is 2. The van der Waals surface area contributed by atoms with Crippen LogP contribution in [0, 0.1) is 35.5 Å². The van der Waals surface area contributed by atoms with Crippen molar-refractivity contribution in [2.75, 3.05) is 10.2 Å². The summed E-state index contributed by atoms with van der Waals surface area (Å²) in [4.78, 5) is 52.0. The molecule has 1 aliphatic heterocycles. The molecule has 0 aromatic heterocycles. The summed E-state index contributed by atoms with van der Waals surface area (Å²) in [6, 6.07) is 13.3. The summed E-state index contributed by atoms with van der Waals surface area (Å²) in [5.41, 5.74) is 1.97. The molecule has 6 heteroatoms. The second kappa shape index (κ2) is 6.73. The van der Waals surface area contributed by atoms with Crippen molar-refractivity contribution in [3.05, 3.63) is 71.8 Å². The van der Waals surface area contributed by atoms with Gasteiger partial charge in [0.25, 0.3) is 5.91 Å². The number of benzene rings is 2.